The van der Waals surface area contributed by atoms with Crippen LogP contribution in [0.2, 0.25) is 5.02 Å². The normalized spacial score (nSPS) is 12.0. The van der Waals surface area contributed by atoms with Crippen LogP contribution in [0, 0.1) is 0 Å². The maximum atomic E-state index is 13.0. The number of anilines is 1. The van der Waals surface area contributed by atoms with E-state index in [1.54, 1.807) is 34.7 Å². The summed E-state index contributed by atoms with van der Waals surface area (Å²) < 4.78 is 2.55. The zero-order valence-corrected chi connectivity index (χ0v) is 18.8. The van der Waals surface area contributed by atoms with Crippen LogP contribution in [0.15, 0.2) is 51.7 Å². The van der Waals surface area contributed by atoms with Gasteiger partial charge in [0, 0.05) is 28.8 Å². The van der Waals surface area contributed by atoms with Gasteiger partial charge in [0.15, 0.2) is 0 Å². The number of amides is 2. The van der Waals surface area contributed by atoms with Crippen molar-refractivity contribution in [3.8, 4) is 0 Å². The van der Waals surface area contributed by atoms with Crippen LogP contribution in [0.3, 0.4) is 0 Å². The number of rotatable bonds is 5. The van der Waals surface area contributed by atoms with E-state index in [0.29, 0.717) is 40.4 Å². The zero-order chi connectivity index (χ0) is 21.1. The van der Waals surface area contributed by atoms with Crippen LogP contribution in [0.5, 0.6) is 0 Å². The third-order valence-electron chi connectivity index (χ3n) is 4.83. The number of aromatic nitrogens is 2. The minimum absolute atomic E-state index is 0.135. The highest BCUT2D eigenvalue weighted by atomic mass is 79.9. The van der Waals surface area contributed by atoms with Crippen molar-refractivity contribution in [2.75, 3.05) is 12.4 Å². The van der Waals surface area contributed by atoms with Crippen LogP contribution in [0.4, 0.5) is 10.5 Å². The van der Waals surface area contributed by atoms with Crippen LogP contribution in [-0.4, -0.2) is 27.5 Å². The van der Waals surface area contributed by atoms with Gasteiger partial charge in [-0.05, 0) is 55.8 Å². The number of nitrogens with zero attached hydrogens (tertiary/aromatic N) is 3. The number of carbonyl (C=O) groups is 1. The highest BCUT2D eigenvalue weighted by molar-refractivity contribution is 9.10. The van der Waals surface area contributed by atoms with Crippen molar-refractivity contribution in [3.63, 3.8) is 0 Å². The summed E-state index contributed by atoms with van der Waals surface area (Å²) in [5.74, 6) is 0.545. The third kappa shape index (κ3) is 4.46. The number of fused-ring (bicyclic) bond motifs is 1. The Morgan fingerprint density at radius 2 is 1.93 bits per heavy atom. The number of nitrogens with one attached hydrogen (secondary N) is 1. The first-order chi connectivity index (χ1) is 13.8. The van der Waals surface area contributed by atoms with Crippen molar-refractivity contribution < 1.29 is 4.79 Å². The topological polar surface area (TPSA) is 67.2 Å². The molecule has 0 radical (unpaired) electrons. The lowest BCUT2D eigenvalue weighted by atomic mass is 10.1. The predicted octanol–water partition coefficient (Wildman–Crippen LogP) is 5.45. The molecule has 1 heterocycles. The maximum Gasteiger partial charge on any atom is 0.322 e. The SMILES string of the molecule is CCC(c1nc2cc(Cl)ccc2c(=O)n1CC)N(C)C(=O)Nc1ccc(Br)cc1. The molecular weight excluding hydrogens is 456 g/mol. The van der Waals surface area contributed by atoms with Crippen LogP contribution >= 0.6 is 27.5 Å². The fourth-order valence-electron chi connectivity index (χ4n) is 3.29. The van der Waals surface area contributed by atoms with Crippen molar-refractivity contribution in [3.05, 3.63) is 68.1 Å². The van der Waals surface area contributed by atoms with Gasteiger partial charge in [0.2, 0.25) is 0 Å². The lowest BCUT2D eigenvalue weighted by molar-refractivity contribution is 0.198. The Balaban J connectivity index is 1.99. The summed E-state index contributed by atoms with van der Waals surface area (Å²) in [5.41, 5.74) is 1.08. The Morgan fingerprint density at radius 1 is 1.24 bits per heavy atom. The number of hydrogen-bond acceptors (Lipinski definition) is 3. The summed E-state index contributed by atoms with van der Waals surface area (Å²) in [5, 5.41) is 3.91. The molecule has 0 saturated carbocycles. The van der Waals surface area contributed by atoms with E-state index in [1.165, 1.54) is 0 Å². The number of carbonyl (C=O) groups excluding carboxylic acids is 1. The van der Waals surface area contributed by atoms with Crippen LogP contribution in [-0.2, 0) is 6.54 Å². The number of benzene rings is 2. The molecule has 1 unspecified atom stereocenters. The van der Waals surface area contributed by atoms with E-state index in [4.69, 9.17) is 16.6 Å². The first-order valence-corrected chi connectivity index (χ1v) is 10.5. The van der Waals surface area contributed by atoms with Crippen LogP contribution in [0.1, 0.15) is 32.1 Å². The van der Waals surface area contributed by atoms with Crippen molar-refractivity contribution in [1.82, 2.24) is 14.5 Å². The fraction of sp³-hybridized carbons (Fsp3) is 0.286. The summed E-state index contributed by atoms with van der Waals surface area (Å²) in [6, 6.07) is 11.7. The molecule has 8 heteroatoms. The van der Waals surface area contributed by atoms with Gasteiger partial charge in [-0.2, -0.15) is 0 Å². The standard InChI is InChI=1S/C21H22BrClN4O2/c1-4-18(26(3)21(29)24-15-9-6-13(22)7-10-15)19-25-17-12-14(23)8-11-16(17)20(28)27(19)5-2/h6-12,18H,4-5H2,1-3H3,(H,24,29). The van der Waals surface area contributed by atoms with Gasteiger partial charge in [-0.1, -0.05) is 34.5 Å². The smallest absolute Gasteiger partial charge is 0.317 e. The van der Waals surface area contributed by atoms with Gasteiger partial charge in [-0.3, -0.25) is 9.36 Å². The zero-order valence-electron chi connectivity index (χ0n) is 16.4. The van der Waals surface area contributed by atoms with Crippen molar-refractivity contribution in [1.29, 1.82) is 0 Å². The monoisotopic (exact) mass is 476 g/mol. The number of halogens is 2. The molecule has 0 saturated heterocycles. The molecule has 2 aromatic carbocycles. The van der Waals surface area contributed by atoms with Gasteiger partial charge in [0.05, 0.1) is 16.9 Å². The molecule has 29 heavy (non-hydrogen) atoms. The van der Waals surface area contributed by atoms with E-state index in [-0.39, 0.29) is 17.6 Å². The van der Waals surface area contributed by atoms with E-state index in [9.17, 15) is 9.59 Å². The van der Waals surface area contributed by atoms with Gasteiger partial charge in [0.25, 0.3) is 5.56 Å². The van der Waals surface area contributed by atoms with Crippen molar-refractivity contribution >= 4 is 50.2 Å². The van der Waals surface area contributed by atoms with Gasteiger partial charge in [-0.15, -0.1) is 0 Å². The van der Waals surface area contributed by atoms with E-state index in [2.05, 4.69) is 21.2 Å². The lowest BCUT2D eigenvalue weighted by Gasteiger charge is -2.29. The molecule has 152 valence electrons. The molecule has 1 N–H and O–H groups in total. The molecule has 0 aliphatic rings. The molecule has 3 aromatic rings. The number of urea groups is 1. The molecule has 0 fully saturated rings. The Hall–Kier alpha value is -2.38. The fourth-order valence-corrected chi connectivity index (χ4v) is 3.72. The highest BCUT2D eigenvalue weighted by Crippen LogP contribution is 2.25. The summed E-state index contributed by atoms with van der Waals surface area (Å²) in [6.45, 7) is 4.31. The van der Waals surface area contributed by atoms with E-state index in [0.717, 1.165) is 4.47 Å². The molecule has 3 rings (SSSR count). The summed E-state index contributed by atoms with van der Waals surface area (Å²) in [4.78, 5) is 32.1. The highest BCUT2D eigenvalue weighted by Gasteiger charge is 2.25. The van der Waals surface area contributed by atoms with E-state index >= 15 is 0 Å². The second-order valence-electron chi connectivity index (χ2n) is 6.65. The van der Waals surface area contributed by atoms with Crippen LogP contribution in [0.25, 0.3) is 10.9 Å². The molecule has 1 aromatic heterocycles. The molecule has 2 amide bonds. The Morgan fingerprint density at radius 3 is 2.55 bits per heavy atom. The second kappa shape index (κ2) is 8.97. The quantitative estimate of drug-likeness (QED) is 0.531. The molecule has 0 spiro atoms. The molecule has 0 aliphatic carbocycles. The van der Waals surface area contributed by atoms with E-state index < -0.39 is 0 Å². The molecule has 6 nitrogen and oxygen atoms in total. The van der Waals surface area contributed by atoms with Crippen molar-refractivity contribution in [2.24, 2.45) is 0 Å². The van der Waals surface area contributed by atoms with Gasteiger partial charge < -0.3 is 10.2 Å². The predicted molar refractivity (Wildman–Crippen MR) is 121 cm³/mol. The maximum absolute atomic E-state index is 13.0. The summed E-state index contributed by atoms with van der Waals surface area (Å²) in [7, 11) is 1.71. The minimum atomic E-state index is -0.374. The summed E-state index contributed by atoms with van der Waals surface area (Å²) in [6.07, 6.45) is 0.600. The molecular formula is C21H22BrClN4O2. The van der Waals surface area contributed by atoms with Gasteiger partial charge in [0.1, 0.15) is 5.82 Å². The Labute approximate surface area is 182 Å². The Kier molecular flexibility index (Phi) is 6.59. The third-order valence-corrected chi connectivity index (χ3v) is 5.59. The van der Waals surface area contributed by atoms with Gasteiger partial charge in [-0.25, -0.2) is 9.78 Å². The molecule has 0 aliphatic heterocycles. The Bertz CT molecular complexity index is 1100. The lowest BCUT2D eigenvalue weighted by Crippen LogP contribution is -2.38. The average molecular weight is 478 g/mol. The first-order valence-electron chi connectivity index (χ1n) is 9.35. The van der Waals surface area contributed by atoms with E-state index in [1.807, 2.05) is 38.1 Å². The number of hydrogen-bond donors (Lipinski definition) is 1. The summed E-state index contributed by atoms with van der Waals surface area (Å²) >= 11 is 9.48. The average Bonchev–Trinajstić information content (AvgIpc) is 2.70. The first kappa shape index (κ1) is 21.3. The van der Waals surface area contributed by atoms with Gasteiger partial charge >= 0.3 is 6.03 Å². The minimum Gasteiger partial charge on any atom is -0.317 e. The molecule has 1 atom stereocenters. The van der Waals surface area contributed by atoms with Crippen LogP contribution < -0.4 is 10.9 Å². The molecule has 0 bridgehead atoms. The van der Waals surface area contributed by atoms with Crippen molar-refractivity contribution in [2.45, 2.75) is 32.9 Å². The second-order valence-corrected chi connectivity index (χ2v) is 8.00. The largest absolute Gasteiger partial charge is 0.322 e.